The maximum absolute atomic E-state index is 5.71. The second-order valence-corrected chi connectivity index (χ2v) is 4.92. The summed E-state index contributed by atoms with van der Waals surface area (Å²) in [6.45, 7) is 5.24. The summed E-state index contributed by atoms with van der Waals surface area (Å²) >= 11 is 0. The Bertz CT molecular complexity index is 372. The number of likely N-dealkylation sites (tertiary alicyclic amines) is 1. The SMILES string of the molecule is Cc1nc(N)cc(NC2CCN(C)C(C)C2)n1. The molecule has 0 bridgehead atoms. The summed E-state index contributed by atoms with van der Waals surface area (Å²) in [5.41, 5.74) is 5.71. The lowest BCUT2D eigenvalue weighted by molar-refractivity contribution is 0.190. The number of nitrogens with two attached hydrogens (primary N) is 1. The van der Waals surface area contributed by atoms with Gasteiger partial charge in [0.25, 0.3) is 0 Å². The van der Waals surface area contributed by atoms with Gasteiger partial charge in [-0.3, -0.25) is 0 Å². The molecule has 1 aliphatic rings. The summed E-state index contributed by atoms with van der Waals surface area (Å²) < 4.78 is 0. The largest absolute Gasteiger partial charge is 0.384 e. The molecule has 5 nitrogen and oxygen atoms in total. The first kappa shape index (κ1) is 12.1. The quantitative estimate of drug-likeness (QED) is 0.808. The van der Waals surface area contributed by atoms with Crippen molar-refractivity contribution in [3.63, 3.8) is 0 Å². The van der Waals surface area contributed by atoms with Crippen molar-refractivity contribution in [2.75, 3.05) is 24.6 Å². The topological polar surface area (TPSA) is 67.1 Å². The predicted molar refractivity (Wildman–Crippen MR) is 69.9 cm³/mol. The lowest BCUT2D eigenvalue weighted by Crippen LogP contribution is -2.42. The van der Waals surface area contributed by atoms with Gasteiger partial charge in [0, 0.05) is 24.7 Å². The van der Waals surface area contributed by atoms with Crippen LogP contribution in [0.15, 0.2) is 6.07 Å². The molecule has 17 heavy (non-hydrogen) atoms. The highest BCUT2D eigenvalue weighted by molar-refractivity contribution is 5.45. The van der Waals surface area contributed by atoms with Crippen LogP contribution in [0.2, 0.25) is 0 Å². The van der Waals surface area contributed by atoms with Crippen LogP contribution in [0.3, 0.4) is 0 Å². The van der Waals surface area contributed by atoms with E-state index in [0.717, 1.165) is 25.2 Å². The molecule has 5 heteroatoms. The lowest BCUT2D eigenvalue weighted by Gasteiger charge is -2.35. The van der Waals surface area contributed by atoms with Gasteiger partial charge in [-0.05, 0) is 33.7 Å². The highest BCUT2D eigenvalue weighted by Gasteiger charge is 2.22. The summed E-state index contributed by atoms with van der Waals surface area (Å²) in [7, 11) is 2.17. The molecule has 1 fully saturated rings. The van der Waals surface area contributed by atoms with Crippen LogP contribution < -0.4 is 11.1 Å². The van der Waals surface area contributed by atoms with Crippen molar-refractivity contribution in [3.05, 3.63) is 11.9 Å². The summed E-state index contributed by atoms with van der Waals surface area (Å²) in [6.07, 6.45) is 2.28. The molecule has 1 aromatic heterocycles. The van der Waals surface area contributed by atoms with E-state index in [-0.39, 0.29) is 0 Å². The van der Waals surface area contributed by atoms with E-state index in [0.29, 0.717) is 23.7 Å². The van der Waals surface area contributed by atoms with Gasteiger partial charge in [0.1, 0.15) is 17.5 Å². The van der Waals surface area contributed by atoms with E-state index in [1.165, 1.54) is 0 Å². The van der Waals surface area contributed by atoms with Crippen molar-refractivity contribution in [3.8, 4) is 0 Å². The van der Waals surface area contributed by atoms with Gasteiger partial charge < -0.3 is 16.0 Å². The van der Waals surface area contributed by atoms with Crippen LogP contribution in [0, 0.1) is 6.92 Å². The fraction of sp³-hybridized carbons (Fsp3) is 0.667. The molecule has 2 unspecified atom stereocenters. The fourth-order valence-corrected chi connectivity index (χ4v) is 2.29. The van der Waals surface area contributed by atoms with E-state index >= 15 is 0 Å². The third-order valence-corrected chi connectivity index (χ3v) is 3.42. The van der Waals surface area contributed by atoms with Crippen LogP contribution in [0.5, 0.6) is 0 Å². The van der Waals surface area contributed by atoms with Crippen molar-refractivity contribution < 1.29 is 0 Å². The summed E-state index contributed by atoms with van der Waals surface area (Å²) in [6, 6.07) is 2.90. The van der Waals surface area contributed by atoms with Gasteiger partial charge in [0.05, 0.1) is 0 Å². The molecule has 1 aromatic rings. The number of rotatable bonds is 2. The third kappa shape index (κ3) is 3.06. The zero-order valence-electron chi connectivity index (χ0n) is 10.8. The molecule has 3 N–H and O–H groups in total. The maximum atomic E-state index is 5.71. The number of anilines is 2. The fourth-order valence-electron chi connectivity index (χ4n) is 2.29. The van der Waals surface area contributed by atoms with Crippen LogP contribution in [-0.2, 0) is 0 Å². The number of hydrogen-bond acceptors (Lipinski definition) is 5. The average molecular weight is 235 g/mol. The minimum atomic E-state index is 0.481. The summed E-state index contributed by atoms with van der Waals surface area (Å²) in [5, 5.41) is 3.46. The Morgan fingerprint density at radius 3 is 2.88 bits per heavy atom. The minimum Gasteiger partial charge on any atom is -0.384 e. The van der Waals surface area contributed by atoms with E-state index in [1.54, 1.807) is 6.07 Å². The Morgan fingerprint density at radius 1 is 1.47 bits per heavy atom. The molecule has 0 saturated carbocycles. The maximum Gasteiger partial charge on any atom is 0.132 e. The molecule has 94 valence electrons. The standard InChI is InChI=1S/C12H21N5/c1-8-6-10(4-5-17(8)3)16-12-7-11(13)14-9(2)15-12/h7-8,10H,4-6H2,1-3H3,(H3,13,14,15,16). The van der Waals surface area contributed by atoms with Crippen LogP contribution >= 0.6 is 0 Å². The van der Waals surface area contributed by atoms with Crippen LogP contribution in [0.4, 0.5) is 11.6 Å². The second-order valence-electron chi connectivity index (χ2n) is 4.92. The number of nitrogens with one attached hydrogen (secondary N) is 1. The Balaban J connectivity index is 2.01. The smallest absolute Gasteiger partial charge is 0.132 e. The number of aromatic nitrogens is 2. The summed E-state index contributed by atoms with van der Waals surface area (Å²) in [5.74, 6) is 2.09. The van der Waals surface area contributed by atoms with Gasteiger partial charge in [-0.2, -0.15) is 0 Å². The van der Waals surface area contributed by atoms with Crippen molar-refractivity contribution in [1.82, 2.24) is 14.9 Å². The first-order chi connectivity index (χ1) is 8.04. The Kier molecular flexibility index (Phi) is 3.47. The molecule has 2 heterocycles. The molecule has 0 amide bonds. The highest BCUT2D eigenvalue weighted by Crippen LogP contribution is 2.19. The first-order valence-corrected chi connectivity index (χ1v) is 6.12. The predicted octanol–water partition coefficient (Wildman–Crippen LogP) is 1.26. The number of aryl methyl sites for hydroxylation is 1. The van der Waals surface area contributed by atoms with Crippen LogP contribution in [0.25, 0.3) is 0 Å². The van der Waals surface area contributed by atoms with Gasteiger partial charge in [-0.15, -0.1) is 0 Å². The zero-order chi connectivity index (χ0) is 12.4. The molecule has 1 saturated heterocycles. The normalized spacial score (nSPS) is 25.8. The van der Waals surface area contributed by atoms with Crippen molar-refractivity contribution >= 4 is 11.6 Å². The number of hydrogen-bond donors (Lipinski definition) is 2. The minimum absolute atomic E-state index is 0.481. The van der Waals surface area contributed by atoms with Crippen LogP contribution in [0.1, 0.15) is 25.6 Å². The van der Waals surface area contributed by atoms with Gasteiger partial charge in [0.2, 0.25) is 0 Å². The molecular formula is C12H21N5. The molecule has 0 spiro atoms. The van der Waals surface area contributed by atoms with E-state index in [9.17, 15) is 0 Å². The molecule has 0 aromatic carbocycles. The van der Waals surface area contributed by atoms with E-state index in [1.807, 2.05) is 6.92 Å². The number of nitrogen functional groups attached to an aromatic ring is 1. The van der Waals surface area contributed by atoms with Gasteiger partial charge in [-0.1, -0.05) is 0 Å². The molecule has 0 radical (unpaired) electrons. The van der Waals surface area contributed by atoms with Gasteiger partial charge in [0.15, 0.2) is 0 Å². The summed E-state index contributed by atoms with van der Waals surface area (Å²) in [4.78, 5) is 10.8. The van der Waals surface area contributed by atoms with E-state index in [4.69, 9.17) is 5.73 Å². The monoisotopic (exact) mass is 235 g/mol. The van der Waals surface area contributed by atoms with Crippen molar-refractivity contribution in [1.29, 1.82) is 0 Å². The van der Waals surface area contributed by atoms with E-state index < -0.39 is 0 Å². The first-order valence-electron chi connectivity index (χ1n) is 6.12. The van der Waals surface area contributed by atoms with Crippen LogP contribution in [-0.4, -0.2) is 40.5 Å². The van der Waals surface area contributed by atoms with Crippen molar-refractivity contribution in [2.45, 2.75) is 38.8 Å². The van der Waals surface area contributed by atoms with Crippen molar-refractivity contribution in [2.24, 2.45) is 0 Å². The Hall–Kier alpha value is -1.36. The second kappa shape index (κ2) is 4.87. The zero-order valence-corrected chi connectivity index (χ0v) is 10.8. The lowest BCUT2D eigenvalue weighted by atomic mass is 9.99. The Labute approximate surface area is 102 Å². The molecule has 2 rings (SSSR count). The molecule has 1 aliphatic heterocycles. The molecule has 2 atom stereocenters. The number of nitrogens with zero attached hydrogens (tertiary/aromatic N) is 3. The average Bonchev–Trinajstić information content (AvgIpc) is 2.22. The highest BCUT2D eigenvalue weighted by atomic mass is 15.2. The molecule has 0 aliphatic carbocycles. The molecular weight excluding hydrogens is 214 g/mol. The number of piperidine rings is 1. The van der Waals surface area contributed by atoms with E-state index in [2.05, 4.69) is 34.2 Å². The van der Waals surface area contributed by atoms with Gasteiger partial charge >= 0.3 is 0 Å². The van der Waals surface area contributed by atoms with Gasteiger partial charge in [-0.25, -0.2) is 9.97 Å². The Morgan fingerprint density at radius 2 is 2.24 bits per heavy atom. The third-order valence-electron chi connectivity index (χ3n) is 3.42.